The molecule has 0 aliphatic carbocycles. The number of guanidine groups is 1. The van der Waals surface area contributed by atoms with Gasteiger partial charge in [0.1, 0.15) is 0 Å². The van der Waals surface area contributed by atoms with Crippen LogP contribution in [-0.4, -0.2) is 66.1 Å². The lowest BCUT2D eigenvalue weighted by Crippen LogP contribution is -2.49. The molecule has 0 aromatic carbocycles. The van der Waals surface area contributed by atoms with Crippen molar-refractivity contribution in [2.24, 2.45) is 12.0 Å². The first-order valence-electron chi connectivity index (χ1n) is 8.01. The maximum absolute atomic E-state index is 5.40. The fourth-order valence-corrected chi connectivity index (χ4v) is 2.45. The predicted octanol–water partition coefficient (Wildman–Crippen LogP) is 0.196. The number of rotatable bonds is 6. The molecular formula is C15H28N6O. The number of hydrogen-bond donors (Lipinski definition) is 2. The summed E-state index contributed by atoms with van der Waals surface area (Å²) in [5, 5.41) is 10.9. The van der Waals surface area contributed by atoms with Crippen LogP contribution in [0.1, 0.15) is 19.5 Å². The van der Waals surface area contributed by atoms with Crippen LogP contribution >= 0.6 is 0 Å². The van der Waals surface area contributed by atoms with E-state index in [1.165, 1.54) is 0 Å². The Kier molecular flexibility index (Phi) is 6.67. The summed E-state index contributed by atoms with van der Waals surface area (Å²) in [4.78, 5) is 7.07. The largest absolute Gasteiger partial charge is 0.379 e. The van der Waals surface area contributed by atoms with Crippen molar-refractivity contribution in [1.29, 1.82) is 0 Å². The highest BCUT2D eigenvalue weighted by molar-refractivity contribution is 5.79. The summed E-state index contributed by atoms with van der Waals surface area (Å²) >= 11 is 0. The molecule has 0 spiro atoms. The Balaban J connectivity index is 1.83. The monoisotopic (exact) mass is 308 g/mol. The molecule has 124 valence electrons. The number of ether oxygens (including phenoxy) is 1. The Bertz CT molecular complexity index is 466. The van der Waals surface area contributed by atoms with E-state index in [1.54, 1.807) is 6.20 Å². The molecule has 22 heavy (non-hydrogen) atoms. The Hall–Kier alpha value is -1.60. The van der Waals surface area contributed by atoms with Gasteiger partial charge in [-0.2, -0.15) is 5.10 Å². The summed E-state index contributed by atoms with van der Waals surface area (Å²) in [6.07, 6.45) is 1.80. The van der Waals surface area contributed by atoms with Gasteiger partial charge in [0, 0.05) is 45.5 Å². The fourth-order valence-electron chi connectivity index (χ4n) is 2.45. The molecule has 1 atom stereocenters. The molecule has 2 N–H and O–H groups in total. The molecule has 7 nitrogen and oxygen atoms in total. The predicted molar refractivity (Wildman–Crippen MR) is 87.9 cm³/mol. The zero-order chi connectivity index (χ0) is 15.8. The molecule has 1 saturated heterocycles. The molecule has 7 heteroatoms. The van der Waals surface area contributed by atoms with Crippen LogP contribution in [0.15, 0.2) is 17.3 Å². The third kappa shape index (κ3) is 4.99. The number of morpholine rings is 1. The minimum Gasteiger partial charge on any atom is -0.379 e. The lowest BCUT2D eigenvalue weighted by atomic mass is 10.2. The van der Waals surface area contributed by atoms with E-state index in [0.29, 0.717) is 12.6 Å². The first-order chi connectivity index (χ1) is 10.7. The topological polar surface area (TPSA) is 66.7 Å². The van der Waals surface area contributed by atoms with E-state index in [-0.39, 0.29) is 0 Å². The second-order valence-corrected chi connectivity index (χ2v) is 5.52. The van der Waals surface area contributed by atoms with E-state index in [9.17, 15) is 0 Å². The average Bonchev–Trinajstić information content (AvgIpc) is 2.96. The second-order valence-electron chi connectivity index (χ2n) is 5.52. The van der Waals surface area contributed by atoms with Crippen LogP contribution in [0.4, 0.5) is 0 Å². The van der Waals surface area contributed by atoms with Crippen LogP contribution in [-0.2, 0) is 18.3 Å². The van der Waals surface area contributed by atoms with Crippen molar-refractivity contribution in [3.63, 3.8) is 0 Å². The van der Waals surface area contributed by atoms with Gasteiger partial charge in [0.05, 0.1) is 25.5 Å². The number of aliphatic imine (C=N–C) groups is 1. The van der Waals surface area contributed by atoms with Gasteiger partial charge in [0.2, 0.25) is 0 Å². The molecular weight excluding hydrogens is 280 g/mol. The highest BCUT2D eigenvalue weighted by Crippen LogP contribution is 2.02. The normalized spacial score (nSPS) is 18.2. The molecule has 0 bridgehead atoms. The van der Waals surface area contributed by atoms with Crippen LogP contribution in [0.25, 0.3) is 0 Å². The van der Waals surface area contributed by atoms with E-state index >= 15 is 0 Å². The number of aryl methyl sites for hydroxylation is 1. The molecule has 1 aromatic rings. The van der Waals surface area contributed by atoms with Crippen molar-refractivity contribution in [3.05, 3.63) is 18.0 Å². The minimum atomic E-state index is 0.462. The third-order valence-corrected chi connectivity index (χ3v) is 3.90. The number of nitrogens with one attached hydrogen (secondary N) is 2. The summed E-state index contributed by atoms with van der Waals surface area (Å²) < 4.78 is 7.25. The average molecular weight is 308 g/mol. The zero-order valence-corrected chi connectivity index (χ0v) is 13.9. The second kappa shape index (κ2) is 8.75. The van der Waals surface area contributed by atoms with Crippen LogP contribution in [0.3, 0.4) is 0 Å². The third-order valence-electron chi connectivity index (χ3n) is 3.90. The number of hydrogen-bond acceptors (Lipinski definition) is 4. The van der Waals surface area contributed by atoms with Gasteiger partial charge < -0.3 is 15.4 Å². The van der Waals surface area contributed by atoms with Gasteiger partial charge in [0.25, 0.3) is 0 Å². The molecule has 1 aromatic heterocycles. The quantitative estimate of drug-likeness (QED) is 0.580. The molecule has 1 fully saturated rings. The molecule has 1 aliphatic rings. The maximum atomic E-state index is 5.40. The lowest BCUT2D eigenvalue weighted by Gasteiger charge is -2.32. The van der Waals surface area contributed by atoms with Crippen LogP contribution < -0.4 is 10.6 Å². The summed E-state index contributed by atoms with van der Waals surface area (Å²) in [6.45, 7) is 10.3. The summed E-state index contributed by atoms with van der Waals surface area (Å²) in [7, 11) is 1.94. The lowest BCUT2D eigenvalue weighted by molar-refractivity contribution is 0.0211. The summed E-state index contributed by atoms with van der Waals surface area (Å²) in [5.41, 5.74) is 1.10. The standard InChI is InChI=1S/C15H28N6O/c1-4-16-15(18-12-14-5-6-19-20(14)3)17-11-13(2)21-7-9-22-10-8-21/h5-6,13H,4,7-12H2,1-3H3,(H2,16,17,18). The Morgan fingerprint density at radius 3 is 2.82 bits per heavy atom. The van der Waals surface area contributed by atoms with Gasteiger partial charge in [-0.15, -0.1) is 0 Å². The first-order valence-corrected chi connectivity index (χ1v) is 8.01. The van der Waals surface area contributed by atoms with Gasteiger partial charge in [-0.05, 0) is 19.9 Å². The van der Waals surface area contributed by atoms with Gasteiger partial charge >= 0.3 is 0 Å². The molecule has 0 saturated carbocycles. The van der Waals surface area contributed by atoms with Gasteiger partial charge in [-0.1, -0.05) is 0 Å². The van der Waals surface area contributed by atoms with Crippen molar-refractivity contribution in [3.8, 4) is 0 Å². The fraction of sp³-hybridized carbons (Fsp3) is 0.733. The van der Waals surface area contributed by atoms with Crippen molar-refractivity contribution in [2.75, 3.05) is 39.4 Å². The van der Waals surface area contributed by atoms with Crippen LogP contribution in [0, 0.1) is 0 Å². The Morgan fingerprint density at radius 2 is 2.18 bits per heavy atom. The molecule has 0 radical (unpaired) electrons. The van der Waals surface area contributed by atoms with Crippen molar-refractivity contribution in [1.82, 2.24) is 25.3 Å². The smallest absolute Gasteiger partial charge is 0.191 e. The first kappa shape index (κ1) is 16.8. The highest BCUT2D eigenvalue weighted by atomic mass is 16.5. The molecule has 2 heterocycles. The number of nitrogens with zero attached hydrogens (tertiary/aromatic N) is 4. The highest BCUT2D eigenvalue weighted by Gasteiger charge is 2.16. The van der Waals surface area contributed by atoms with E-state index in [2.05, 4.69) is 39.5 Å². The van der Waals surface area contributed by atoms with Crippen molar-refractivity contribution >= 4 is 5.96 Å². The maximum Gasteiger partial charge on any atom is 0.191 e. The van der Waals surface area contributed by atoms with E-state index in [0.717, 1.165) is 51.0 Å². The van der Waals surface area contributed by atoms with E-state index in [1.807, 2.05) is 17.8 Å². The van der Waals surface area contributed by atoms with E-state index < -0.39 is 0 Å². The Morgan fingerprint density at radius 1 is 1.41 bits per heavy atom. The molecule has 0 amide bonds. The van der Waals surface area contributed by atoms with Crippen LogP contribution in [0.2, 0.25) is 0 Å². The summed E-state index contributed by atoms with van der Waals surface area (Å²) in [6, 6.07) is 2.45. The van der Waals surface area contributed by atoms with Crippen LogP contribution in [0.5, 0.6) is 0 Å². The zero-order valence-electron chi connectivity index (χ0n) is 13.9. The molecule has 2 rings (SSSR count). The Labute approximate surface area is 132 Å². The number of aromatic nitrogens is 2. The molecule has 1 aliphatic heterocycles. The minimum absolute atomic E-state index is 0.462. The van der Waals surface area contributed by atoms with Gasteiger partial charge in [0.15, 0.2) is 5.96 Å². The SMILES string of the molecule is CCNC(=NCc1ccnn1C)NCC(C)N1CCOCC1. The van der Waals surface area contributed by atoms with Gasteiger partial charge in [-0.25, -0.2) is 4.99 Å². The van der Waals surface area contributed by atoms with E-state index in [4.69, 9.17) is 4.74 Å². The van der Waals surface area contributed by atoms with Crippen molar-refractivity contribution < 1.29 is 4.74 Å². The molecule has 1 unspecified atom stereocenters. The van der Waals surface area contributed by atoms with Crippen molar-refractivity contribution in [2.45, 2.75) is 26.4 Å². The summed E-state index contributed by atoms with van der Waals surface area (Å²) in [5.74, 6) is 0.851. The van der Waals surface area contributed by atoms with Gasteiger partial charge in [-0.3, -0.25) is 9.58 Å².